The van der Waals surface area contributed by atoms with Crippen molar-refractivity contribution >= 4 is 11.8 Å². The Morgan fingerprint density at radius 2 is 1.68 bits per heavy atom. The van der Waals surface area contributed by atoms with Gasteiger partial charge >= 0.3 is 0 Å². The Labute approximate surface area is 145 Å². The Bertz CT molecular complexity index is 859. The van der Waals surface area contributed by atoms with Crippen LogP contribution in [0.5, 0.6) is 0 Å². The van der Waals surface area contributed by atoms with E-state index >= 15 is 0 Å². The van der Waals surface area contributed by atoms with Gasteiger partial charge in [-0.2, -0.15) is 5.10 Å². The van der Waals surface area contributed by atoms with Crippen LogP contribution >= 0.6 is 0 Å². The maximum Gasteiger partial charge on any atom is 0.255 e. The number of nitrogens with two attached hydrogens (primary N) is 1. The number of aromatic nitrogens is 2. The number of rotatable bonds is 6. The fraction of sp³-hybridized carbons (Fsp3) is 0.105. The van der Waals surface area contributed by atoms with Crippen molar-refractivity contribution in [2.24, 2.45) is 5.73 Å². The molecule has 0 saturated heterocycles. The highest BCUT2D eigenvalue weighted by molar-refractivity contribution is 6.00. The van der Waals surface area contributed by atoms with E-state index in [4.69, 9.17) is 5.73 Å². The summed E-state index contributed by atoms with van der Waals surface area (Å²) >= 11 is 0. The monoisotopic (exact) mass is 334 g/mol. The van der Waals surface area contributed by atoms with Gasteiger partial charge < -0.3 is 11.1 Å². The van der Waals surface area contributed by atoms with Gasteiger partial charge in [0.25, 0.3) is 5.91 Å². The van der Waals surface area contributed by atoms with E-state index in [9.17, 15) is 9.59 Å². The minimum Gasteiger partial charge on any atom is -0.370 e. The summed E-state index contributed by atoms with van der Waals surface area (Å²) in [7, 11) is 0. The molecule has 6 heteroatoms. The SMILES string of the molecule is NC(=O)C[C@@H](NC(=O)c1cn[nH]c1-c1ccccc1)c1ccccc1. The number of benzene rings is 2. The average molecular weight is 334 g/mol. The number of nitrogens with zero attached hydrogens (tertiary/aromatic N) is 1. The molecule has 0 aliphatic carbocycles. The zero-order chi connectivity index (χ0) is 17.6. The van der Waals surface area contributed by atoms with E-state index in [1.165, 1.54) is 6.20 Å². The zero-order valence-corrected chi connectivity index (χ0v) is 13.5. The highest BCUT2D eigenvalue weighted by atomic mass is 16.2. The van der Waals surface area contributed by atoms with Gasteiger partial charge in [-0.25, -0.2) is 0 Å². The first-order chi connectivity index (χ1) is 12.1. The van der Waals surface area contributed by atoms with Gasteiger partial charge in [0, 0.05) is 5.56 Å². The number of primary amides is 1. The second-order valence-electron chi connectivity index (χ2n) is 5.63. The summed E-state index contributed by atoms with van der Waals surface area (Å²) in [5.41, 5.74) is 8.06. The third-order valence-electron chi connectivity index (χ3n) is 3.86. The Balaban J connectivity index is 1.86. The predicted octanol–water partition coefficient (Wildman–Crippen LogP) is 2.42. The summed E-state index contributed by atoms with van der Waals surface area (Å²) in [6.07, 6.45) is 1.50. The lowest BCUT2D eigenvalue weighted by atomic mass is 10.0. The second kappa shape index (κ2) is 7.44. The smallest absolute Gasteiger partial charge is 0.255 e. The Hall–Kier alpha value is -3.41. The first kappa shape index (κ1) is 16.4. The van der Waals surface area contributed by atoms with Crippen molar-refractivity contribution in [3.05, 3.63) is 78.0 Å². The third-order valence-corrected chi connectivity index (χ3v) is 3.86. The van der Waals surface area contributed by atoms with Gasteiger partial charge in [-0.3, -0.25) is 14.7 Å². The topological polar surface area (TPSA) is 101 Å². The summed E-state index contributed by atoms with van der Waals surface area (Å²) in [6.45, 7) is 0. The fourth-order valence-corrected chi connectivity index (χ4v) is 2.66. The Kier molecular flexibility index (Phi) is 4.89. The number of amides is 2. The molecule has 0 bridgehead atoms. The number of hydrogen-bond acceptors (Lipinski definition) is 3. The Morgan fingerprint density at radius 3 is 2.32 bits per heavy atom. The summed E-state index contributed by atoms with van der Waals surface area (Å²) in [5.74, 6) is -0.799. The zero-order valence-electron chi connectivity index (χ0n) is 13.5. The van der Waals surface area contributed by atoms with E-state index in [2.05, 4.69) is 15.5 Å². The van der Waals surface area contributed by atoms with E-state index < -0.39 is 11.9 Å². The normalized spacial score (nSPS) is 11.7. The first-order valence-electron chi connectivity index (χ1n) is 7.88. The highest BCUT2D eigenvalue weighted by Gasteiger charge is 2.21. The predicted molar refractivity (Wildman–Crippen MR) is 94.5 cm³/mol. The van der Waals surface area contributed by atoms with E-state index in [0.717, 1.165) is 11.1 Å². The molecule has 0 aliphatic rings. The standard InChI is InChI=1S/C19H18N4O2/c20-17(24)11-16(13-7-3-1-4-8-13)22-19(25)15-12-21-23-18(15)14-9-5-2-6-10-14/h1-10,12,16H,11H2,(H2,20,24)(H,21,23)(H,22,25)/t16-/m1/s1. The average Bonchev–Trinajstić information content (AvgIpc) is 3.12. The van der Waals surface area contributed by atoms with Crippen LogP contribution in [0.2, 0.25) is 0 Å². The van der Waals surface area contributed by atoms with Crippen LogP contribution in [-0.4, -0.2) is 22.0 Å². The summed E-state index contributed by atoms with van der Waals surface area (Å²) < 4.78 is 0. The van der Waals surface area contributed by atoms with Crippen LogP contribution < -0.4 is 11.1 Å². The minimum absolute atomic E-state index is 0.0221. The van der Waals surface area contributed by atoms with Crippen molar-refractivity contribution in [3.8, 4) is 11.3 Å². The maximum absolute atomic E-state index is 12.7. The number of carbonyl (C=O) groups excluding carboxylic acids is 2. The molecule has 0 radical (unpaired) electrons. The molecule has 2 amide bonds. The summed E-state index contributed by atoms with van der Waals surface area (Å²) in [5, 5.41) is 9.71. The lowest BCUT2D eigenvalue weighted by Gasteiger charge is -2.18. The summed E-state index contributed by atoms with van der Waals surface area (Å²) in [6, 6.07) is 18.2. The second-order valence-corrected chi connectivity index (χ2v) is 5.63. The van der Waals surface area contributed by atoms with Crippen molar-refractivity contribution in [2.45, 2.75) is 12.5 Å². The lowest BCUT2D eigenvalue weighted by molar-refractivity contribution is -0.118. The van der Waals surface area contributed by atoms with Crippen molar-refractivity contribution in [2.75, 3.05) is 0 Å². The van der Waals surface area contributed by atoms with Gasteiger partial charge in [0.2, 0.25) is 5.91 Å². The first-order valence-corrected chi connectivity index (χ1v) is 7.88. The van der Waals surface area contributed by atoms with E-state index in [-0.39, 0.29) is 12.3 Å². The van der Waals surface area contributed by atoms with E-state index in [1.54, 1.807) is 0 Å². The van der Waals surface area contributed by atoms with Crippen LogP contribution in [0.4, 0.5) is 0 Å². The van der Waals surface area contributed by atoms with Crippen LogP contribution in [0, 0.1) is 0 Å². The molecule has 0 spiro atoms. The van der Waals surface area contributed by atoms with Crippen LogP contribution in [0.15, 0.2) is 66.9 Å². The van der Waals surface area contributed by atoms with Gasteiger partial charge in [-0.05, 0) is 5.56 Å². The van der Waals surface area contributed by atoms with Gasteiger partial charge in [0.15, 0.2) is 0 Å². The molecule has 2 aromatic carbocycles. The molecule has 0 saturated carbocycles. The van der Waals surface area contributed by atoms with Gasteiger partial charge in [0.05, 0.1) is 29.9 Å². The lowest BCUT2D eigenvalue weighted by Crippen LogP contribution is -2.31. The van der Waals surface area contributed by atoms with Crippen LogP contribution in [-0.2, 0) is 4.79 Å². The third kappa shape index (κ3) is 3.92. The number of carbonyl (C=O) groups is 2. The molecule has 4 N–H and O–H groups in total. The molecule has 0 unspecified atom stereocenters. The molecule has 1 aromatic heterocycles. The number of nitrogens with one attached hydrogen (secondary N) is 2. The van der Waals surface area contributed by atoms with Gasteiger partial charge in [-0.1, -0.05) is 60.7 Å². The molecule has 3 aromatic rings. The molecule has 126 valence electrons. The van der Waals surface area contributed by atoms with Crippen molar-refractivity contribution in [3.63, 3.8) is 0 Å². The van der Waals surface area contributed by atoms with Crippen LogP contribution in [0.3, 0.4) is 0 Å². The highest BCUT2D eigenvalue weighted by Crippen LogP contribution is 2.22. The van der Waals surface area contributed by atoms with Crippen LogP contribution in [0.1, 0.15) is 28.4 Å². The Morgan fingerprint density at radius 1 is 1.04 bits per heavy atom. The van der Waals surface area contributed by atoms with E-state index in [0.29, 0.717) is 11.3 Å². The molecule has 6 nitrogen and oxygen atoms in total. The van der Waals surface area contributed by atoms with Gasteiger partial charge in [0.1, 0.15) is 0 Å². The summed E-state index contributed by atoms with van der Waals surface area (Å²) in [4.78, 5) is 24.1. The van der Waals surface area contributed by atoms with Gasteiger partial charge in [-0.15, -0.1) is 0 Å². The molecule has 25 heavy (non-hydrogen) atoms. The van der Waals surface area contributed by atoms with Crippen molar-refractivity contribution in [1.29, 1.82) is 0 Å². The number of aromatic amines is 1. The van der Waals surface area contributed by atoms with Crippen LogP contribution in [0.25, 0.3) is 11.3 Å². The quantitative estimate of drug-likeness (QED) is 0.645. The molecular formula is C19H18N4O2. The molecule has 0 aliphatic heterocycles. The maximum atomic E-state index is 12.7. The van der Waals surface area contributed by atoms with Crippen molar-refractivity contribution in [1.82, 2.24) is 15.5 Å². The fourth-order valence-electron chi connectivity index (χ4n) is 2.66. The molecule has 1 heterocycles. The number of H-pyrrole nitrogens is 1. The molecule has 3 rings (SSSR count). The largest absolute Gasteiger partial charge is 0.370 e. The molecule has 0 fully saturated rings. The van der Waals surface area contributed by atoms with Crippen molar-refractivity contribution < 1.29 is 9.59 Å². The molecule has 1 atom stereocenters. The number of hydrogen-bond donors (Lipinski definition) is 3. The minimum atomic E-state index is -0.496. The molecular weight excluding hydrogens is 316 g/mol. The van der Waals surface area contributed by atoms with E-state index in [1.807, 2.05) is 60.7 Å².